The number of hydrogen-bond acceptors (Lipinski definition) is 3. The molecule has 20 heavy (non-hydrogen) atoms. The molecule has 1 heterocycles. The second kappa shape index (κ2) is 6.96. The van der Waals surface area contributed by atoms with Crippen molar-refractivity contribution in [2.75, 3.05) is 12.3 Å². The molecule has 108 valence electrons. The van der Waals surface area contributed by atoms with Gasteiger partial charge in [-0.2, -0.15) is 0 Å². The van der Waals surface area contributed by atoms with Gasteiger partial charge in [-0.15, -0.1) is 0 Å². The topological polar surface area (TPSA) is 37.4 Å². The Balaban J connectivity index is 1.98. The van der Waals surface area contributed by atoms with Gasteiger partial charge in [-0.1, -0.05) is 39.3 Å². The van der Waals surface area contributed by atoms with E-state index < -0.39 is 0 Å². The highest BCUT2D eigenvalue weighted by molar-refractivity contribution is 9.10. The number of nitrogens with zero attached hydrogens (tertiary/aromatic N) is 1. The highest BCUT2D eigenvalue weighted by Crippen LogP contribution is 2.27. The molecule has 1 aromatic carbocycles. The minimum atomic E-state index is 0.103. The van der Waals surface area contributed by atoms with Crippen molar-refractivity contribution in [3.05, 3.63) is 33.3 Å². The molecular formula is C14H15BrClNO2S. The number of likely N-dealkylation sites (tertiary alicyclic amines) is 1. The molecule has 1 aromatic rings. The number of carbonyl (C=O) groups excluding carboxylic acids is 2. The number of hydrogen-bond donors (Lipinski definition) is 0. The predicted octanol–water partition coefficient (Wildman–Crippen LogP) is 3.73. The molecule has 0 radical (unpaired) electrons. The van der Waals surface area contributed by atoms with E-state index in [0.29, 0.717) is 30.3 Å². The van der Waals surface area contributed by atoms with Gasteiger partial charge in [0.2, 0.25) is 5.91 Å². The number of halogens is 2. The summed E-state index contributed by atoms with van der Waals surface area (Å²) in [4.78, 5) is 24.8. The number of thioether (sulfide) groups is 1. The van der Waals surface area contributed by atoms with Crippen LogP contribution in [0.5, 0.6) is 0 Å². The molecule has 1 atom stereocenters. The Morgan fingerprint density at radius 1 is 1.55 bits per heavy atom. The number of amides is 1. The standard InChI is InChI=1S/C14H15BrClNO2S/c1-9(18)20-8-10-4-14(19)17(6-10)7-11-5-12(15)2-3-13(11)16/h2-3,5,10H,4,6-8H2,1H3. The van der Waals surface area contributed by atoms with Crippen LogP contribution in [0.25, 0.3) is 0 Å². The summed E-state index contributed by atoms with van der Waals surface area (Å²) in [7, 11) is 0. The minimum Gasteiger partial charge on any atom is -0.338 e. The van der Waals surface area contributed by atoms with Crippen LogP contribution in [0.1, 0.15) is 18.9 Å². The molecule has 0 bridgehead atoms. The predicted molar refractivity (Wildman–Crippen MR) is 85.8 cm³/mol. The summed E-state index contributed by atoms with van der Waals surface area (Å²) < 4.78 is 0.951. The van der Waals surface area contributed by atoms with Crippen molar-refractivity contribution >= 4 is 50.3 Å². The smallest absolute Gasteiger partial charge is 0.223 e. The fourth-order valence-corrected chi connectivity index (χ4v) is 3.50. The normalized spacial score (nSPS) is 18.6. The van der Waals surface area contributed by atoms with Gasteiger partial charge in [0.25, 0.3) is 0 Å². The number of benzene rings is 1. The Hall–Kier alpha value is -0.520. The van der Waals surface area contributed by atoms with Gasteiger partial charge in [0.05, 0.1) is 0 Å². The molecule has 0 spiro atoms. The molecule has 0 saturated carbocycles. The fourth-order valence-electron chi connectivity index (χ4n) is 2.22. The van der Waals surface area contributed by atoms with Crippen LogP contribution >= 0.6 is 39.3 Å². The van der Waals surface area contributed by atoms with Crippen LogP contribution in [0.3, 0.4) is 0 Å². The second-order valence-electron chi connectivity index (χ2n) is 4.88. The van der Waals surface area contributed by atoms with Crippen molar-refractivity contribution in [3.8, 4) is 0 Å². The van der Waals surface area contributed by atoms with Gasteiger partial charge in [-0.05, 0) is 29.7 Å². The van der Waals surface area contributed by atoms with Gasteiger partial charge in [-0.3, -0.25) is 9.59 Å². The maximum Gasteiger partial charge on any atom is 0.223 e. The maximum absolute atomic E-state index is 12.0. The van der Waals surface area contributed by atoms with E-state index in [1.165, 1.54) is 11.8 Å². The molecule has 1 amide bonds. The van der Waals surface area contributed by atoms with E-state index in [2.05, 4.69) is 15.9 Å². The molecule has 2 rings (SSSR count). The summed E-state index contributed by atoms with van der Waals surface area (Å²) >= 11 is 10.9. The fraction of sp³-hybridized carbons (Fsp3) is 0.429. The van der Waals surface area contributed by atoms with Crippen molar-refractivity contribution in [2.24, 2.45) is 5.92 Å². The molecule has 1 fully saturated rings. The van der Waals surface area contributed by atoms with E-state index >= 15 is 0 Å². The van der Waals surface area contributed by atoms with Crippen LogP contribution in [0.4, 0.5) is 0 Å². The van der Waals surface area contributed by atoms with E-state index in [9.17, 15) is 9.59 Å². The van der Waals surface area contributed by atoms with Gasteiger partial charge in [0.1, 0.15) is 0 Å². The number of carbonyl (C=O) groups is 2. The zero-order valence-corrected chi connectivity index (χ0v) is 14.2. The largest absolute Gasteiger partial charge is 0.338 e. The molecule has 1 unspecified atom stereocenters. The Morgan fingerprint density at radius 2 is 2.30 bits per heavy atom. The van der Waals surface area contributed by atoms with Crippen molar-refractivity contribution in [3.63, 3.8) is 0 Å². The summed E-state index contributed by atoms with van der Waals surface area (Å²) in [5.74, 6) is 1.10. The lowest BCUT2D eigenvalue weighted by Gasteiger charge is -2.17. The van der Waals surface area contributed by atoms with Crippen molar-refractivity contribution < 1.29 is 9.59 Å². The van der Waals surface area contributed by atoms with E-state index in [1.54, 1.807) is 6.92 Å². The molecule has 6 heteroatoms. The molecule has 1 aliphatic heterocycles. The SMILES string of the molecule is CC(=O)SCC1CC(=O)N(Cc2cc(Br)ccc2Cl)C1. The lowest BCUT2D eigenvalue weighted by molar-refractivity contribution is -0.128. The molecule has 1 saturated heterocycles. The van der Waals surface area contributed by atoms with Crippen LogP contribution in [-0.2, 0) is 16.1 Å². The second-order valence-corrected chi connectivity index (χ2v) is 7.40. The first-order valence-electron chi connectivity index (χ1n) is 6.30. The van der Waals surface area contributed by atoms with Crippen LogP contribution in [0.15, 0.2) is 22.7 Å². The summed E-state index contributed by atoms with van der Waals surface area (Å²) in [6, 6.07) is 5.64. The van der Waals surface area contributed by atoms with E-state index in [0.717, 1.165) is 10.0 Å². The van der Waals surface area contributed by atoms with Crippen LogP contribution < -0.4 is 0 Å². The minimum absolute atomic E-state index is 0.103. The Kier molecular flexibility index (Phi) is 5.52. The molecule has 0 aromatic heterocycles. The summed E-state index contributed by atoms with van der Waals surface area (Å²) in [6.07, 6.45) is 0.520. The quantitative estimate of drug-likeness (QED) is 0.803. The first kappa shape index (κ1) is 15.9. The van der Waals surface area contributed by atoms with Crippen molar-refractivity contribution in [2.45, 2.75) is 19.9 Å². The highest BCUT2D eigenvalue weighted by atomic mass is 79.9. The molecular weight excluding hydrogens is 362 g/mol. The number of rotatable bonds is 4. The van der Waals surface area contributed by atoms with Crippen LogP contribution in [0.2, 0.25) is 5.02 Å². The van der Waals surface area contributed by atoms with Crippen molar-refractivity contribution in [1.82, 2.24) is 4.90 Å². The Bertz CT molecular complexity index is 538. The van der Waals surface area contributed by atoms with E-state index in [-0.39, 0.29) is 16.9 Å². The van der Waals surface area contributed by atoms with Gasteiger partial charge in [0, 0.05) is 41.7 Å². The van der Waals surface area contributed by atoms with Crippen molar-refractivity contribution in [1.29, 1.82) is 0 Å². The third kappa shape index (κ3) is 4.24. The van der Waals surface area contributed by atoms with Crippen LogP contribution in [-0.4, -0.2) is 28.2 Å². The van der Waals surface area contributed by atoms with Gasteiger partial charge >= 0.3 is 0 Å². The zero-order valence-electron chi connectivity index (χ0n) is 11.1. The third-order valence-corrected chi connectivity index (χ3v) is 5.09. The molecule has 0 N–H and O–H groups in total. The molecule has 3 nitrogen and oxygen atoms in total. The molecule has 1 aliphatic rings. The highest BCUT2D eigenvalue weighted by Gasteiger charge is 2.30. The van der Waals surface area contributed by atoms with Gasteiger partial charge in [0.15, 0.2) is 5.12 Å². The first-order chi connectivity index (χ1) is 9.45. The van der Waals surface area contributed by atoms with E-state index in [1.807, 2.05) is 23.1 Å². The molecule has 0 aliphatic carbocycles. The van der Waals surface area contributed by atoms with E-state index in [4.69, 9.17) is 11.6 Å². The maximum atomic E-state index is 12.0. The lowest BCUT2D eigenvalue weighted by atomic mass is 10.1. The summed E-state index contributed by atoms with van der Waals surface area (Å²) in [5.41, 5.74) is 0.939. The monoisotopic (exact) mass is 375 g/mol. The van der Waals surface area contributed by atoms with Crippen LogP contribution in [0, 0.1) is 5.92 Å². The average Bonchev–Trinajstić information content (AvgIpc) is 2.72. The summed E-state index contributed by atoms with van der Waals surface area (Å²) in [5, 5.41) is 0.772. The Labute approximate surface area is 136 Å². The first-order valence-corrected chi connectivity index (χ1v) is 8.46. The average molecular weight is 377 g/mol. The van der Waals surface area contributed by atoms with Gasteiger partial charge in [-0.25, -0.2) is 0 Å². The lowest BCUT2D eigenvalue weighted by Crippen LogP contribution is -2.25. The summed E-state index contributed by atoms with van der Waals surface area (Å²) in [6.45, 7) is 2.78. The third-order valence-electron chi connectivity index (χ3n) is 3.19. The van der Waals surface area contributed by atoms with Gasteiger partial charge < -0.3 is 4.90 Å². The Morgan fingerprint density at radius 3 is 3.00 bits per heavy atom. The zero-order chi connectivity index (χ0) is 14.7.